The molecule has 1 saturated carbocycles. The second-order valence-electron chi connectivity index (χ2n) is 7.14. The number of nitrogens with zero attached hydrogens (tertiary/aromatic N) is 1. The molecule has 2 heterocycles. The van der Waals surface area contributed by atoms with Gasteiger partial charge in [-0.15, -0.1) is 0 Å². The quantitative estimate of drug-likeness (QED) is 0.699. The Balaban J connectivity index is 1.45. The summed E-state index contributed by atoms with van der Waals surface area (Å²) < 4.78 is 33.0. The first-order valence-electron chi connectivity index (χ1n) is 9.01. The zero-order valence-electron chi connectivity index (χ0n) is 14.8. The number of benzene rings is 2. The summed E-state index contributed by atoms with van der Waals surface area (Å²) in [6.45, 7) is 0.629. The van der Waals surface area contributed by atoms with Gasteiger partial charge in [-0.2, -0.15) is 0 Å². The molecule has 9 heteroatoms. The molecule has 2 N–H and O–H groups in total. The van der Waals surface area contributed by atoms with E-state index >= 15 is 0 Å². The van der Waals surface area contributed by atoms with Crippen molar-refractivity contribution >= 4 is 38.4 Å². The maximum absolute atomic E-state index is 12.8. The maximum Gasteiger partial charge on any atom is 0.417 e. The molecule has 1 fully saturated rings. The van der Waals surface area contributed by atoms with Crippen molar-refractivity contribution < 1.29 is 17.6 Å². The van der Waals surface area contributed by atoms with Crippen LogP contribution < -0.4 is 15.4 Å². The number of carbonyl (C=O) groups excluding carboxylic acids is 1. The Morgan fingerprint density at radius 3 is 2.79 bits per heavy atom. The molecular weight excluding hydrogens is 382 g/mol. The molecule has 0 bridgehead atoms. The van der Waals surface area contributed by atoms with Crippen LogP contribution in [0.5, 0.6) is 0 Å². The Kier molecular flexibility index (Phi) is 3.63. The molecule has 3 aromatic rings. The summed E-state index contributed by atoms with van der Waals surface area (Å²) in [7, 11) is -3.88. The van der Waals surface area contributed by atoms with Gasteiger partial charge in [-0.1, -0.05) is 6.07 Å². The van der Waals surface area contributed by atoms with Crippen molar-refractivity contribution in [2.45, 2.75) is 24.2 Å². The standard InChI is InChI=1S/C19H17N3O5S/c23-18(12-1-2-12)22-8-7-11-3-4-13(9-16(11)22)21-28(25,26)14-5-6-15-17(10-14)27-19(24)20-15/h3-6,9-10,12,21H,1-2,7-8H2,(H,20,24). The summed E-state index contributed by atoms with van der Waals surface area (Å²) >= 11 is 0. The Hall–Kier alpha value is -3.07. The molecule has 2 aromatic carbocycles. The van der Waals surface area contributed by atoms with E-state index in [2.05, 4.69) is 9.71 Å². The summed E-state index contributed by atoms with van der Waals surface area (Å²) in [6, 6.07) is 9.42. The fourth-order valence-corrected chi connectivity index (χ4v) is 4.59. The number of hydrogen-bond donors (Lipinski definition) is 2. The van der Waals surface area contributed by atoms with E-state index < -0.39 is 15.8 Å². The normalized spacial score (nSPS) is 16.4. The number of carbonyl (C=O) groups is 1. The average Bonchev–Trinajstić information content (AvgIpc) is 3.31. The molecule has 5 rings (SSSR count). The highest BCUT2D eigenvalue weighted by Crippen LogP contribution is 2.37. The second-order valence-corrected chi connectivity index (χ2v) is 8.82. The van der Waals surface area contributed by atoms with Gasteiger partial charge in [0.1, 0.15) is 0 Å². The molecule has 0 unspecified atom stereocenters. The molecule has 0 atom stereocenters. The van der Waals surface area contributed by atoms with Gasteiger partial charge >= 0.3 is 5.76 Å². The molecule has 1 amide bonds. The second kappa shape index (κ2) is 5.96. The highest BCUT2D eigenvalue weighted by Gasteiger charge is 2.36. The van der Waals surface area contributed by atoms with Crippen molar-refractivity contribution in [2.24, 2.45) is 5.92 Å². The number of fused-ring (bicyclic) bond motifs is 2. The zero-order chi connectivity index (χ0) is 19.5. The summed E-state index contributed by atoms with van der Waals surface area (Å²) in [6.07, 6.45) is 2.62. The van der Waals surface area contributed by atoms with Gasteiger partial charge in [-0.25, -0.2) is 13.2 Å². The minimum Gasteiger partial charge on any atom is -0.408 e. The fourth-order valence-electron chi connectivity index (χ4n) is 3.53. The van der Waals surface area contributed by atoms with Crippen LogP contribution in [-0.4, -0.2) is 25.9 Å². The minimum atomic E-state index is -3.88. The third-order valence-corrected chi connectivity index (χ3v) is 6.51. The molecule has 0 radical (unpaired) electrons. The van der Waals surface area contributed by atoms with Crippen LogP contribution >= 0.6 is 0 Å². The number of oxazole rings is 1. The van der Waals surface area contributed by atoms with Crippen molar-refractivity contribution in [3.05, 3.63) is 52.5 Å². The lowest BCUT2D eigenvalue weighted by Crippen LogP contribution is -2.30. The third-order valence-electron chi connectivity index (χ3n) is 5.13. The lowest BCUT2D eigenvalue weighted by molar-refractivity contribution is -0.119. The number of aromatic nitrogens is 1. The Morgan fingerprint density at radius 1 is 1.18 bits per heavy atom. The van der Waals surface area contributed by atoms with Crippen LogP contribution in [0.3, 0.4) is 0 Å². The van der Waals surface area contributed by atoms with Gasteiger partial charge in [-0.05, 0) is 49.1 Å². The van der Waals surface area contributed by atoms with Crippen LogP contribution in [0.25, 0.3) is 11.1 Å². The first-order valence-corrected chi connectivity index (χ1v) is 10.5. The first-order chi connectivity index (χ1) is 13.4. The highest BCUT2D eigenvalue weighted by molar-refractivity contribution is 7.92. The van der Waals surface area contributed by atoms with Gasteiger partial charge in [0.2, 0.25) is 5.91 Å². The highest BCUT2D eigenvalue weighted by atomic mass is 32.2. The van der Waals surface area contributed by atoms with Crippen LogP contribution in [0.1, 0.15) is 18.4 Å². The summed E-state index contributed by atoms with van der Waals surface area (Å²) in [5.41, 5.74) is 2.78. The monoisotopic (exact) mass is 399 g/mol. The van der Waals surface area contributed by atoms with Gasteiger partial charge in [0.05, 0.1) is 16.1 Å². The van der Waals surface area contributed by atoms with Crippen LogP contribution in [0.15, 0.2) is 50.5 Å². The SMILES string of the molecule is O=C(C1CC1)N1CCc2ccc(NS(=O)(=O)c3ccc4[nH]c(=O)oc4c3)cc21. The Morgan fingerprint density at radius 2 is 2.00 bits per heavy atom. The number of nitrogens with one attached hydrogen (secondary N) is 2. The lowest BCUT2D eigenvalue weighted by Gasteiger charge is -2.18. The summed E-state index contributed by atoms with van der Waals surface area (Å²) in [5.74, 6) is -0.419. The smallest absolute Gasteiger partial charge is 0.408 e. The fraction of sp³-hybridized carbons (Fsp3) is 0.263. The van der Waals surface area contributed by atoms with Crippen LogP contribution in [0, 0.1) is 5.92 Å². The van der Waals surface area contributed by atoms with Crippen LogP contribution in [0.4, 0.5) is 11.4 Å². The van der Waals surface area contributed by atoms with Gasteiger partial charge in [0, 0.05) is 24.2 Å². The largest absolute Gasteiger partial charge is 0.417 e. The van der Waals surface area contributed by atoms with Crippen LogP contribution in [-0.2, 0) is 21.2 Å². The number of anilines is 2. The van der Waals surface area contributed by atoms with E-state index in [1.807, 2.05) is 6.07 Å². The van der Waals surface area contributed by atoms with Crippen molar-refractivity contribution in [3.63, 3.8) is 0 Å². The summed E-state index contributed by atoms with van der Waals surface area (Å²) in [5, 5.41) is 0. The molecule has 0 saturated heterocycles. The van der Waals surface area contributed by atoms with Gasteiger partial charge < -0.3 is 9.32 Å². The number of hydrogen-bond acceptors (Lipinski definition) is 5. The number of amides is 1. The molecule has 0 spiro atoms. The van der Waals surface area contributed by atoms with Gasteiger partial charge in [-0.3, -0.25) is 14.5 Å². The predicted molar refractivity (Wildman–Crippen MR) is 103 cm³/mol. The van der Waals surface area contributed by atoms with E-state index in [0.29, 0.717) is 17.7 Å². The van der Waals surface area contributed by atoms with Gasteiger partial charge in [0.15, 0.2) is 5.58 Å². The van der Waals surface area contributed by atoms with E-state index in [9.17, 15) is 18.0 Å². The minimum absolute atomic E-state index is 0.0193. The first kappa shape index (κ1) is 17.1. The molecule has 1 aliphatic carbocycles. The summed E-state index contributed by atoms with van der Waals surface area (Å²) in [4.78, 5) is 27.9. The average molecular weight is 399 g/mol. The van der Waals surface area contributed by atoms with Gasteiger partial charge in [0.25, 0.3) is 10.0 Å². The molecule has 2 aliphatic rings. The molecule has 1 aliphatic heterocycles. The number of rotatable bonds is 4. The van der Waals surface area contributed by atoms with Crippen molar-refractivity contribution in [1.82, 2.24) is 4.98 Å². The molecule has 28 heavy (non-hydrogen) atoms. The van der Waals surface area contributed by atoms with Crippen molar-refractivity contribution in [1.29, 1.82) is 0 Å². The molecule has 1 aromatic heterocycles. The van der Waals surface area contributed by atoms with E-state index in [1.165, 1.54) is 18.2 Å². The Labute approximate surface area is 160 Å². The van der Waals surface area contributed by atoms with E-state index in [1.54, 1.807) is 17.0 Å². The predicted octanol–water partition coefficient (Wildman–Crippen LogP) is 2.22. The third kappa shape index (κ3) is 2.88. The number of H-pyrrole nitrogens is 1. The molecular formula is C19H17N3O5S. The van der Waals surface area contributed by atoms with E-state index in [0.717, 1.165) is 30.5 Å². The van der Waals surface area contributed by atoms with E-state index in [4.69, 9.17) is 4.42 Å². The molecule has 144 valence electrons. The van der Waals surface area contributed by atoms with Crippen molar-refractivity contribution in [3.8, 4) is 0 Å². The zero-order valence-corrected chi connectivity index (χ0v) is 15.6. The number of aromatic amines is 1. The number of sulfonamides is 1. The lowest BCUT2D eigenvalue weighted by atomic mass is 10.1. The van der Waals surface area contributed by atoms with E-state index in [-0.39, 0.29) is 22.3 Å². The maximum atomic E-state index is 12.8. The Bertz CT molecular complexity index is 1270. The molecule has 8 nitrogen and oxygen atoms in total. The van der Waals surface area contributed by atoms with Crippen molar-refractivity contribution in [2.75, 3.05) is 16.2 Å². The van der Waals surface area contributed by atoms with Crippen LogP contribution in [0.2, 0.25) is 0 Å². The topological polar surface area (TPSA) is 112 Å².